The molecule has 0 aromatic rings. The maximum Gasteiger partial charge on any atom is 0.123 e. The average molecular weight is 184 g/mol. The highest BCUT2D eigenvalue weighted by atomic mass is 16.5. The van der Waals surface area contributed by atoms with Crippen LogP contribution in [0.25, 0.3) is 0 Å². The lowest BCUT2D eigenvalue weighted by molar-refractivity contribution is -0.000703. The molecule has 0 amide bonds. The van der Waals surface area contributed by atoms with Crippen LogP contribution in [0.2, 0.25) is 0 Å². The second-order valence-corrected chi connectivity index (χ2v) is 3.94. The van der Waals surface area contributed by atoms with Crippen LogP contribution in [0.15, 0.2) is 0 Å². The molecular formula is C10H20N2O. The van der Waals surface area contributed by atoms with Gasteiger partial charge in [-0.1, -0.05) is 13.3 Å². The molecule has 1 N–H and O–H groups in total. The first-order valence-electron chi connectivity index (χ1n) is 5.51. The number of hydrogen-bond acceptors (Lipinski definition) is 3. The fourth-order valence-electron chi connectivity index (χ4n) is 2.45. The molecule has 0 radical (unpaired) electrons. The molecule has 2 unspecified atom stereocenters. The minimum atomic E-state index is 0.306. The van der Waals surface area contributed by atoms with Crippen molar-refractivity contribution in [2.24, 2.45) is 0 Å². The van der Waals surface area contributed by atoms with Gasteiger partial charge in [0.25, 0.3) is 0 Å². The molecular weight excluding hydrogens is 164 g/mol. The standard InChI is InChI=1S/C10H20N2O/c1-2-12-7-4-3-5-9(12)10-11-6-8-13-10/h9-11H,2-8H2,1H3. The zero-order valence-electron chi connectivity index (χ0n) is 8.46. The molecule has 0 aliphatic carbocycles. The van der Waals surface area contributed by atoms with Gasteiger partial charge in [0.15, 0.2) is 0 Å². The molecule has 76 valence electrons. The van der Waals surface area contributed by atoms with Gasteiger partial charge in [0.2, 0.25) is 0 Å². The Morgan fingerprint density at radius 1 is 1.46 bits per heavy atom. The van der Waals surface area contributed by atoms with Crippen molar-refractivity contribution in [2.75, 3.05) is 26.2 Å². The zero-order chi connectivity index (χ0) is 9.10. The van der Waals surface area contributed by atoms with E-state index >= 15 is 0 Å². The third kappa shape index (κ3) is 2.03. The Kier molecular flexibility index (Phi) is 3.19. The van der Waals surface area contributed by atoms with Crippen LogP contribution in [-0.2, 0) is 4.74 Å². The van der Waals surface area contributed by atoms with E-state index in [9.17, 15) is 0 Å². The Morgan fingerprint density at radius 3 is 3.08 bits per heavy atom. The molecule has 2 atom stereocenters. The average Bonchev–Trinajstić information content (AvgIpc) is 2.70. The highest BCUT2D eigenvalue weighted by Gasteiger charge is 2.31. The Morgan fingerprint density at radius 2 is 2.38 bits per heavy atom. The van der Waals surface area contributed by atoms with Crippen molar-refractivity contribution in [3.63, 3.8) is 0 Å². The van der Waals surface area contributed by atoms with E-state index in [4.69, 9.17) is 4.74 Å². The fourth-order valence-corrected chi connectivity index (χ4v) is 2.45. The van der Waals surface area contributed by atoms with E-state index in [1.807, 2.05) is 0 Å². The molecule has 2 saturated heterocycles. The van der Waals surface area contributed by atoms with Crippen LogP contribution in [0.3, 0.4) is 0 Å². The number of rotatable bonds is 2. The van der Waals surface area contributed by atoms with Crippen LogP contribution >= 0.6 is 0 Å². The molecule has 3 nitrogen and oxygen atoms in total. The molecule has 0 aromatic carbocycles. The molecule has 3 heteroatoms. The summed E-state index contributed by atoms with van der Waals surface area (Å²) < 4.78 is 5.67. The molecule has 0 aromatic heterocycles. The third-order valence-electron chi connectivity index (χ3n) is 3.16. The first-order chi connectivity index (χ1) is 6.42. The lowest BCUT2D eigenvalue weighted by Crippen LogP contribution is -2.50. The van der Waals surface area contributed by atoms with Gasteiger partial charge in [0, 0.05) is 12.6 Å². The fraction of sp³-hybridized carbons (Fsp3) is 1.00. The number of nitrogens with zero attached hydrogens (tertiary/aromatic N) is 1. The van der Waals surface area contributed by atoms with Gasteiger partial charge in [-0.25, -0.2) is 0 Å². The molecule has 0 bridgehead atoms. The van der Waals surface area contributed by atoms with Gasteiger partial charge in [-0.05, 0) is 25.9 Å². The summed E-state index contributed by atoms with van der Waals surface area (Å²) in [6, 6.07) is 0.626. The number of likely N-dealkylation sites (N-methyl/N-ethyl adjacent to an activating group) is 1. The van der Waals surface area contributed by atoms with Crippen molar-refractivity contribution in [2.45, 2.75) is 38.5 Å². The van der Waals surface area contributed by atoms with Crippen LogP contribution in [0, 0.1) is 0 Å². The molecule has 2 heterocycles. The molecule has 2 aliphatic heterocycles. The van der Waals surface area contributed by atoms with Gasteiger partial charge in [0.1, 0.15) is 6.23 Å². The second kappa shape index (κ2) is 4.40. The Labute approximate surface area is 80.4 Å². The number of piperidine rings is 1. The van der Waals surface area contributed by atoms with E-state index in [0.717, 1.165) is 19.7 Å². The van der Waals surface area contributed by atoms with Crippen LogP contribution in [-0.4, -0.2) is 43.4 Å². The predicted octanol–water partition coefficient (Wildman–Crippen LogP) is 0.807. The topological polar surface area (TPSA) is 24.5 Å². The molecule has 2 fully saturated rings. The van der Waals surface area contributed by atoms with Gasteiger partial charge in [-0.2, -0.15) is 0 Å². The Bertz CT molecular complexity index is 155. The van der Waals surface area contributed by atoms with Crippen molar-refractivity contribution >= 4 is 0 Å². The van der Waals surface area contributed by atoms with E-state index < -0.39 is 0 Å². The zero-order valence-corrected chi connectivity index (χ0v) is 8.46. The monoisotopic (exact) mass is 184 g/mol. The molecule has 2 aliphatic rings. The van der Waals surface area contributed by atoms with Gasteiger partial charge < -0.3 is 4.74 Å². The number of hydrogen-bond donors (Lipinski definition) is 1. The summed E-state index contributed by atoms with van der Waals surface area (Å²) >= 11 is 0. The van der Waals surface area contributed by atoms with Crippen LogP contribution in [0.5, 0.6) is 0 Å². The number of likely N-dealkylation sites (tertiary alicyclic amines) is 1. The van der Waals surface area contributed by atoms with Gasteiger partial charge >= 0.3 is 0 Å². The van der Waals surface area contributed by atoms with E-state index in [-0.39, 0.29) is 0 Å². The van der Waals surface area contributed by atoms with E-state index in [1.165, 1.54) is 25.8 Å². The van der Waals surface area contributed by atoms with Crippen molar-refractivity contribution < 1.29 is 4.74 Å². The number of nitrogens with one attached hydrogen (secondary N) is 1. The van der Waals surface area contributed by atoms with Gasteiger partial charge in [0.05, 0.1) is 6.61 Å². The van der Waals surface area contributed by atoms with Crippen molar-refractivity contribution in [3.8, 4) is 0 Å². The first kappa shape index (κ1) is 9.44. The summed E-state index contributed by atoms with van der Waals surface area (Å²) in [6.45, 7) is 6.57. The largest absolute Gasteiger partial charge is 0.360 e. The smallest absolute Gasteiger partial charge is 0.123 e. The van der Waals surface area contributed by atoms with E-state index in [1.54, 1.807) is 0 Å². The minimum Gasteiger partial charge on any atom is -0.360 e. The molecule has 2 rings (SSSR count). The van der Waals surface area contributed by atoms with Crippen LogP contribution in [0.1, 0.15) is 26.2 Å². The first-order valence-corrected chi connectivity index (χ1v) is 5.51. The summed E-state index contributed by atoms with van der Waals surface area (Å²) in [7, 11) is 0. The van der Waals surface area contributed by atoms with Gasteiger partial charge in [-0.3, -0.25) is 10.2 Å². The van der Waals surface area contributed by atoms with Gasteiger partial charge in [-0.15, -0.1) is 0 Å². The third-order valence-corrected chi connectivity index (χ3v) is 3.16. The summed E-state index contributed by atoms with van der Waals surface area (Å²) in [6.07, 6.45) is 4.32. The lowest BCUT2D eigenvalue weighted by Gasteiger charge is -2.37. The predicted molar refractivity (Wildman–Crippen MR) is 52.6 cm³/mol. The maximum absolute atomic E-state index is 5.67. The van der Waals surface area contributed by atoms with E-state index in [2.05, 4.69) is 17.1 Å². The molecule has 0 saturated carbocycles. The molecule has 0 spiro atoms. The summed E-state index contributed by atoms with van der Waals surface area (Å²) in [4.78, 5) is 2.55. The van der Waals surface area contributed by atoms with Crippen LogP contribution < -0.4 is 5.32 Å². The lowest BCUT2D eigenvalue weighted by atomic mass is 10.0. The minimum absolute atomic E-state index is 0.306. The quantitative estimate of drug-likeness (QED) is 0.687. The normalized spacial score (nSPS) is 36.7. The SMILES string of the molecule is CCN1CCCCC1C1NCCO1. The van der Waals surface area contributed by atoms with Crippen molar-refractivity contribution in [3.05, 3.63) is 0 Å². The van der Waals surface area contributed by atoms with Crippen LogP contribution in [0.4, 0.5) is 0 Å². The van der Waals surface area contributed by atoms with Crippen molar-refractivity contribution in [1.29, 1.82) is 0 Å². The Hall–Kier alpha value is -0.120. The molecule has 13 heavy (non-hydrogen) atoms. The highest BCUT2D eigenvalue weighted by molar-refractivity contribution is 4.84. The number of ether oxygens (including phenoxy) is 1. The summed E-state index contributed by atoms with van der Waals surface area (Å²) in [5, 5.41) is 3.43. The highest BCUT2D eigenvalue weighted by Crippen LogP contribution is 2.21. The van der Waals surface area contributed by atoms with Crippen molar-refractivity contribution in [1.82, 2.24) is 10.2 Å². The maximum atomic E-state index is 5.67. The Balaban J connectivity index is 1.93. The van der Waals surface area contributed by atoms with E-state index in [0.29, 0.717) is 12.3 Å². The summed E-state index contributed by atoms with van der Waals surface area (Å²) in [5.41, 5.74) is 0. The second-order valence-electron chi connectivity index (χ2n) is 3.94. The summed E-state index contributed by atoms with van der Waals surface area (Å²) in [5.74, 6) is 0.